The van der Waals surface area contributed by atoms with Gasteiger partial charge in [-0.15, -0.1) is 0 Å². The molecule has 0 spiro atoms. The number of para-hydroxylation sites is 1. The van der Waals surface area contributed by atoms with Crippen molar-refractivity contribution < 1.29 is 23.2 Å². The van der Waals surface area contributed by atoms with Crippen LogP contribution >= 0.6 is 0 Å². The number of nitro benzene ring substituents is 1. The number of carboxylic acids is 1. The zero-order valence-corrected chi connectivity index (χ0v) is 11.7. The van der Waals surface area contributed by atoms with Crippen LogP contribution < -0.4 is 0 Å². The molecule has 1 aromatic carbocycles. The van der Waals surface area contributed by atoms with Gasteiger partial charge < -0.3 is 5.11 Å². The largest absolute Gasteiger partial charge is 0.480 e. The van der Waals surface area contributed by atoms with Gasteiger partial charge in [-0.05, 0) is 6.92 Å². The summed E-state index contributed by atoms with van der Waals surface area (Å²) in [5.74, 6) is -1.32. The van der Waals surface area contributed by atoms with Gasteiger partial charge in [0.2, 0.25) is 10.0 Å². The standard InChI is InChI=1S/C11H14N2O6S/c1-8(11(14)15)12(20(2,18)19)7-9-5-3-4-6-10(9)13(16)17/h3-6,8H,7H2,1-2H3,(H,14,15)/t8-/m0/s1. The highest BCUT2D eigenvalue weighted by Gasteiger charge is 2.30. The van der Waals surface area contributed by atoms with E-state index in [1.807, 2.05) is 0 Å². The molecule has 0 heterocycles. The molecule has 0 aromatic heterocycles. The van der Waals surface area contributed by atoms with Gasteiger partial charge in [-0.3, -0.25) is 14.9 Å². The average molecular weight is 302 g/mol. The fraction of sp³-hybridized carbons (Fsp3) is 0.364. The first-order valence-electron chi connectivity index (χ1n) is 5.56. The smallest absolute Gasteiger partial charge is 0.321 e. The minimum atomic E-state index is -3.82. The third-order valence-electron chi connectivity index (χ3n) is 2.73. The molecule has 0 aliphatic carbocycles. The summed E-state index contributed by atoms with van der Waals surface area (Å²) in [7, 11) is -3.82. The minimum Gasteiger partial charge on any atom is -0.480 e. The van der Waals surface area contributed by atoms with Crippen LogP contribution in [0.1, 0.15) is 12.5 Å². The number of hydrogen-bond donors (Lipinski definition) is 1. The lowest BCUT2D eigenvalue weighted by molar-refractivity contribution is -0.385. The van der Waals surface area contributed by atoms with Crippen molar-refractivity contribution in [1.29, 1.82) is 0 Å². The second-order valence-corrected chi connectivity index (χ2v) is 6.14. The van der Waals surface area contributed by atoms with Crippen molar-refractivity contribution in [3.8, 4) is 0 Å². The van der Waals surface area contributed by atoms with Gasteiger partial charge in [0.1, 0.15) is 6.04 Å². The van der Waals surface area contributed by atoms with Crippen molar-refractivity contribution in [3.63, 3.8) is 0 Å². The zero-order chi connectivity index (χ0) is 15.5. The molecule has 8 nitrogen and oxygen atoms in total. The summed E-state index contributed by atoms with van der Waals surface area (Å²) in [5, 5.41) is 19.8. The second kappa shape index (κ2) is 5.97. The SMILES string of the molecule is C[C@@H](C(=O)O)N(Cc1ccccc1[N+](=O)[O-])S(C)(=O)=O. The molecule has 0 amide bonds. The fourth-order valence-corrected chi connectivity index (χ4v) is 2.69. The lowest BCUT2D eigenvalue weighted by atomic mass is 10.1. The van der Waals surface area contributed by atoms with E-state index in [4.69, 9.17) is 5.11 Å². The Bertz CT molecular complexity index is 628. The molecule has 0 aliphatic rings. The summed E-state index contributed by atoms with van der Waals surface area (Å²) in [6, 6.07) is 4.29. The van der Waals surface area contributed by atoms with Crippen molar-refractivity contribution in [2.75, 3.05) is 6.26 Å². The average Bonchev–Trinajstić information content (AvgIpc) is 2.33. The number of rotatable bonds is 6. The van der Waals surface area contributed by atoms with Crippen LogP contribution in [-0.4, -0.2) is 41.0 Å². The molecule has 0 bridgehead atoms. The topological polar surface area (TPSA) is 118 Å². The van der Waals surface area contributed by atoms with Crippen LogP contribution in [0.4, 0.5) is 5.69 Å². The van der Waals surface area contributed by atoms with Crippen LogP contribution in [0.3, 0.4) is 0 Å². The predicted molar refractivity (Wildman–Crippen MR) is 70.6 cm³/mol. The Hall–Kier alpha value is -2.00. The number of nitrogens with zero attached hydrogens (tertiary/aromatic N) is 2. The van der Waals surface area contributed by atoms with E-state index < -0.39 is 27.0 Å². The van der Waals surface area contributed by atoms with Gasteiger partial charge >= 0.3 is 5.97 Å². The van der Waals surface area contributed by atoms with Crippen LogP contribution in [0.15, 0.2) is 24.3 Å². The first-order valence-corrected chi connectivity index (χ1v) is 7.41. The highest BCUT2D eigenvalue weighted by molar-refractivity contribution is 7.88. The van der Waals surface area contributed by atoms with Crippen molar-refractivity contribution in [2.24, 2.45) is 0 Å². The van der Waals surface area contributed by atoms with Gasteiger partial charge in [0.05, 0.1) is 11.2 Å². The van der Waals surface area contributed by atoms with Gasteiger partial charge in [0, 0.05) is 18.2 Å². The van der Waals surface area contributed by atoms with E-state index in [0.29, 0.717) is 4.31 Å². The Morgan fingerprint density at radius 1 is 1.45 bits per heavy atom. The highest BCUT2D eigenvalue weighted by atomic mass is 32.2. The van der Waals surface area contributed by atoms with Gasteiger partial charge in [-0.2, -0.15) is 4.31 Å². The molecule has 0 aliphatic heterocycles. The quantitative estimate of drug-likeness (QED) is 0.614. The molecule has 0 saturated heterocycles. The normalized spacial score (nSPS) is 13.2. The number of aliphatic carboxylic acids is 1. The van der Waals surface area contributed by atoms with E-state index in [9.17, 15) is 23.3 Å². The van der Waals surface area contributed by atoms with Gasteiger partial charge in [-0.1, -0.05) is 18.2 Å². The summed E-state index contributed by atoms with van der Waals surface area (Å²) >= 11 is 0. The van der Waals surface area contributed by atoms with E-state index in [1.54, 1.807) is 0 Å². The van der Waals surface area contributed by atoms with Crippen LogP contribution in [0.25, 0.3) is 0 Å². The molecule has 1 N–H and O–H groups in total. The number of carbonyl (C=O) groups is 1. The van der Waals surface area contributed by atoms with E-state index in [2.05, 4.69) is 0 Å². The van der Waals surface area contributed by atoms with Gasteiger partial charge in [0.25, 0.3) is 5.69 Å². The summed E-state index contributed by atoms with van der Waals surface area (Å²) in [5.41, 5.74) is -0.116. The van der Waals surface area contributed by atoms with E-state index in [1.165, 1.54) is 31.2 Å². The maximum Gasteiger partial charge on any atom is 0.321 e. The number of carboxylic acid groups (broad SMARTS) is 1. The van der Waals surface area contributed by atoms with Crippen LogP contribution in [0.5, 0.6) is 0 Å². The van der Waals surface area contributed by atoms with Crippen LogP contribution in [0, 0.1) is 10.1 Å². The lowest BCUT2D eigenvalue weighted by Gasteiger charge is -2.23. The Labute approximate surface area is 115 Å². The van der Waals surface area contributed by atoms with E-state index in [0.717, 1.165) is 6.26 Å². The third-order valence-corrected chi connectivity index (χ3v) is 4.03. The molecule has 9 heteroatoms. The molecule has 0 fully saturated rings. The first-order chi connectivity index (χ1) is 9.14. The molecule has 1 rings (SSSR count). The molecule has 0 saturated carbocycles. The monoisotopic (exact) mass is 302 g/mol. The number of sulfonamides is 1. The predicted octanol–water partition coefficient (Wildman–Crippen LogP) is 0.830. The maximum atomic E-state index is 11.7. The van der Waals surface area contributed by atoms with Crippen molar-refractivity contribution in [1.82, 2.24) is 4.31 Å². The number of hydrogen-bond acceptors (Lipinski definition) is 5. The second-order valence-electron chi connectivity index (χ2n) is 4.21. The van der Waals surface area contributed by atoms with E-state index >= 15 is 0 Å². The van der Waals surface area contributed by atoms with Crippen LogP contribution in [0.2, 0.25) is 0 Å². The summed E-state index contributed by atoms with van der Waals surface area (Å²) < 4.78 is 24.0. The Morgan fingerprint density at radius 2 is 2.00 bits per heavy atom. The van der Waals surface area contributed by atoms with E-state index in [-0.39, 0.29) is 17.8 Å². The number of benzene rings is 1. The molecule has 0 radical (unpaired) electrons. The summed E-state index contributed by atoms with van der Waals surface area (Å²) in [6.07, 6.45) is 0.862. The molecule has 0 unspecified atom stereocenters. The van der Waals surface area contributed by atoms with Crippen molar-refractivity contribution in [3.05, 3.63) is 39.9 Å². The molecular formula is C11H14N2O6S. The molecule has 1 aromatic rings. The van der Waals surface area contributed by atoms with Crippen molar-refractivity contribution >= 4 is 21.7 Å². The fourth-order valence-electron chi connectivity index (χ4n) is 1.66. The Balaban J connectivity index is 3.21. The molecule has 110 valence electrons. The molecular weight excluding hydrogens is 288 g/mol. The third kappa shape index (κ3) is 3.75. The molecule has 20 heavy (non-hydrogen) atoms. The minimum absolute atomic E-state index is 0.135. The number of nitro groups is 1. The van der Waals surface area contributed by atoms with Crippen molar-refractivity contribution in [2.45, 2.75) is 19.5 Å². The first kappa shape index (κ1) is 16.1. The Morgan fingerprint density at radius 3 is 2.45 bits per heavy atom. The van der Waals surface area contributed by atoms with Crippen LogP contribution in [-0.2, 0) is 21.4 Å². The van der Waals surface area contributed by atoms with Gasteiger partial charge in [0.15, 0.2) is 0 Å². The zero-order valence-electron chi connectivity index (χ0n) is 10.9. The summed E-state index contributed by atoms with van der Waals surface area (Å²) in [4.78, 5) is 21.2. The summed E-state index contributed by atoms with van der Waals surface area (Å²) in [6.45, 7) is 0.835. The van der Waals surface area contributed by atoms with Gasteiger partial charge in [-0.25, -0.2) is 8.42 Å². The molecule has 1 atom stereocenters. The maximum absolute atomic E-state index is 11.7. The highest BCUT2D eigenvalue weighted by Crippen LogP contribution is 2.22. The Kier molecular flexibility index (Phi) is 4.79. The lowest BCUT2D eigenvalue weighted by Crippen LogP contribution is -2.42.